The standard InChI is InChI=1S/C19H25N3/c1-20-19(22-16-14-18-11-6-3-7-12-18)21-15-8-13-17-9-4-2-5-10-17/h2-7,9-12H,8,13-16H2,1H3,(H2,20,21,22). The van der Waals surface area contributed by atoms with Crippen molar-refractivity contribution in [3.63, 3.8) is 0 Å². The monoisotopic (exact) mass is 295 g/mol. The molecular weight excluding hydrogens is 270 g/mol. The van der Waals surface area contributed by atoms with Gasteiger partial charge in [-0.05, 0) is 30.4 Å². The highest BCUT2D eigenvalue weighted by Gasteiger charge is 1.98. The molecule has 22 heavy (non-hydrogen) atoms. The van der Waals surface area contributed by atoms with E-state index in [1.54, 1.807) is 0 Å². The van der Waals surface area contributed by atoms with Crippen LogP contribution in [-0.2, 0) is 12.8 Å². The summed E-state index contributed by atoms with van der Waals surface area (Å²) < 4.78 is 0. The lowest BCUT2D eigenvalue weighted by Crippen LogP contribution is -2.38. The van der Waals surface area contributed by atoms with Gasteiger partial charge in [0.1, 0.15) is 0 Å². The lowest BCUT2D eigenvalue weighted by atomic mass is 10.1. The van der Waals surface area contributed by atoms with Crippen molar-refractivity contribution < 1.29 is 0 Å². The van der Waals surface area contributed by atoms with Crippen LogP contribution in [0, 0.1) is 0 Å². The Bertz CT molecular complexity index is 549. The number of guanidine groups is 1. The van der Waals surface area contributed by atoms with Gasteiger partial charge in [0.25, 0.3) is 0 Å². The van der Waals surface area contributed by atoms with Crippen molar-refractivity contribution >= 4 is 5.96 Å². The second-order valence-electron chi connectivity index (χ2n) is 5.25. The van der Waals surface area contributed by atoms with Gasteiger partial charge in [-0.15, -0.1) is 0 Å². The number of nitrogens with zero attached hydrogens (tertiary/aromatic N) is 1. The van der Waals surface area contributed by atoms with E-state index >= 15 is 0 Å². The van der Waals surface area contributed by atoms with Crippen molar-refractivity contribution in [2.45, 2.75) is 19.3 Å². The van der Waals surface area contributed by atoms with Gasteiger partial charge < -0.3 is 10.6 Å². The van der Waals surface area contributed by atoms with Crippen LogP contribution in [0.2, 0.25) is 0 Å². The average Bonchev–Trinajstić information content (AvgIpc) is 2.59. The Morgan fingerprint density at radius 3 is 1.91 bits per heavy atom. The number of rotatable bonds is 7. The zero-order valence-corrected chi connectivity index (χ0v) is 13.3. The molecule has 0 bridgehead atoms. The number of hydrogen-bond donors (Lipinski definition) is 2. The normalized spacial score (nSPS) is 11.2. The smallest absolute Gasteiger partial charge is 0.190 e. The third kappa shape index (κ3) is 6.00. The number of aliphatic imine (C=N–C) groups is 1. The highest BCUT2D eigenvalue weighted by atomic mass is 15.2. The van der Waals surface area contributed by atoms with Gasteiger partial charge in [0.2, 0.25) is 0 Å². The van der Waals surface area contributed by atoms with Gasteiger partial charge in [0.05, 0.1) is 0 Å². The van der Waals surface area contributed by atoms with Crippen molar-refractivity contribution in [2.24, 2.45) is 4.99 Å². The highest BCUT2D eigenvalue weighted by Crippen LogP contribution is 2.01. The maximum absolute atomic E-state index is 4.26. The zero-order valence-electron chi connectivity index (χ0n) is 13.3. The van der Waals surface area contributed by atoms with E-state index < -0.39 is 0 Å². The predicted molar refractivity (Wildman–Crippen MR) is 94.3 cm³/mol. The van der Waals surface area contributed by atoms with Crippen LogP contribution >= 0.6 is 0 Å². The van der Waals surface area contributed by atoms with Gasteiger partial charge in [-0.1, -0.05) is 60.7 Å². The Balaban J connectivity index is 1.61. The minimum Gasteiger partial charge on any atom is -0.356 e. The van der Waals surface area contributed by atoms with Crippen molar-refractivity contribution in [3.05, 3.63) is 71.8 Å². The second-order valence-corrected chi connectivity index (χ2v) is 5.25. The SMILES string of the molecule is CN=C(NCCCc1ccccc1)NCCc1ccccc1. The minimum absolute atomic E-state index is 0.879. The molecule has 0 atom stereocenters. The Morgan fingerprint density at radius 1 is 0.773 bits per heavy atom. The maximum Gasteiger partial charge on any atom is 0.190 e. The third-order valence-electron chi connectivity index (χ3n) is 3.55. The largest absolute Gasteiger partial charge is 0.356 e. The molecular formula is C19H25N3. The number of benzene rings is 2. The van der Waals surface area contributed by atoms with Gasteiger partial charge in [-0.3, -0.25) is 4.99 Å². The molecule has 3 nitrogen and oxygen atoms in total. The lowest BCUT2D eigenvalue weighted by Gasteiger charge is -2.12. The van der Waals surface area contributed by atoms with Crippen molar-refractivity contribution in [1.29, 1.82) is 0 Å². The fraction of sp³-hybridized carbons (Fsp3) is 0.316. The molecule has 2 rings (SSSR count). The molecule has 0 spiro atoms. The van der Waals surface area contributed by atoms with E-state index in [1.807, 2.05) is 13.1 Å². The van der Waals surface area contributed by atoms with Crippen molar-refractivity contribution in [2.75, 3.05) is 20.1 Å². The van der Waals surface area contributed by atoms with E-state index in [9.17, 15) is 0 Å². The summed E-state index contributed by atoms with van der Waals surface area (Å²) in [6.07, 6.45) is 3.20. The summed E-state index contributed by atoms with van der Waals surface area (Å²) in [5, 5.41) is 6.72. The minimum atomic E-state index is 0.879. The molecule has 2 aromatic carbocycles. The number of nitrogens with one attached hydrogen (secondary N) is 2. The molecule has 0 unspecified atom stereocenters. The van der Waals surface area contributed by atoms with Crippen LogP contribution in [0.1, 0.15) is 17.5 Å². The molecule has 0 aliphatic rings. The first-order valence-electron chi connectivity index (χ1n) is 7.91. The first-order valence-corrected chi connectivity index (χ1v) is 7.91. The van der Waals surface area contributed by atoms with Crippen molar-refractivity contribution in [1.82, 2.24) is 10.6 Å². The lowest BCUT2D eigenvalue weighted by molar-refractivity contribution is 0.739. The van der Waals surface area contributed by atoms with Crippen LogP contribution in [0.25, 0.3) is 0 Å². The fourth-order valence-electron chi connectivity index (χ4n) is 2.33. The molecule has 3 heteroatoms. The van der Waals surface area contributed by atoms with Gasteiger partial charge in [-0.2, -0.15) is 0 Å². The van der Waals surface area contributed by atoms with E-state index in [4.69, 9.17) is 0 Å². The third-order valence-corrected chi connectivity index (χ3v) is 3.55. The molecule has 0 aliphatic heterocycles. The van der Waals surface area contributed by atoms with Crippen LogP contribution in [0.15, 0.2) is 65.7 Å². The van der Waals surface area contributed by atoms with Gasteiger partial charge >= 0.3 is 0 Å². The van der Waals surface area contributed by atoms with Crippen LogP contribution in [0.4, 0.5) is 0 Å². The second kappa shape index (κ2) is 9.61. The Morgan fingerprint density at radius 2 is 1.32 bits per heavy atom. The maximum atomic E-state index is 4.26. The summed E-state index contributed by atoms with van der Waals surface area (Å²) in [6, 6.07) is 21.1. The first kappa shape index (κ1) is 16.1. The predicted octanol–water partition coefficient (Wildman–Crippen LogP) is 3.03. The van der Waals surface area contributed by atoms with Crippen LogP contribution < -0.4 is 10.6 Å². The summed E-state index contributed by atoms with van der Waals surface area (Å²) in [4.78, 5) is 4.26. The zero-order chi connectivity index (χ0) is 15.5. The van der Waals surface area contributed by atoms with Crippen LogP contribution in [0.3, 0.4) is 0 Å². The molecule has 0 saturated heterocycles. The van der Waals surface area contributed by atoms with E-state index in [0.29, 0.717) is 0 Å². The van der Waals surface area contributed by atoms with E-state index in [2.05, 4.69) is 70.2 Å². The first-order chi connectivity index (χ1) is 10.9. The number of aryl methyl sites for hydroxylation is 1. The summed E-state index contributed by atoms with van der Waals surface area (Å²) >= 11 is 0. The molecule has 2 N–H and O–H groups in total. The van der Waals surface area contributed by atoms with E-state index in [1.165, 1.54) is 11.1 Å². The molecule has 0 amide bonds. The molecule has 2 aromatic rings. The average molecular weight is 295 g/mol. The molecule has 0 aromatic heterocycles. The Labute approximate surface area is 133 Å². The Hall–Kier alpha value is -2.29. The summed E-state index contributed by atoms with van der Waals surface area (Å²) in [5.74, 6) is 0.879. The quantitative estimate of drug-likeness (QED) is 0.468. The molecule has 0 saturated carbocycles. The van der Waals surface area contributed by atoms with Gasteiger partial charge in [0.15, 0.2) is 5.96 Å². The van der Waals surface area contributed by atoms with Crippen LogP contribution in [0.5, 0.6) is 0 Å². The topological polar surface area (TPSA) is 36.4 Å². The van der Waals surface area contributed by atoms with Crippen molar-refractivity contribution in [3.8, 4) is 0 Å². The summed E-state index contributed by atoms with van der Waals surface area (Å²) in [6.45, 7) is 1.82. The van der Waals surface area contributed by atoms with Gasteiger partial charge in [-0.25, -0.2) is 0 Å². The van der Waals surface area contributed by atoms with Gasteiger partial charge in [0, 0.05) is 20.1 Å². The molecule has 116 valence electrons. The molecule has 0 fully saturated rings. The molecule has 0 aliphatic carbocycles. The Kier molecular flexibility index (Phi) is 7.03. The summed E-state index contributed by atoms with van der Waals surface area (Å²) in [7, 11) is 1.81. The summed E-state index contributed by atoms with van der Waals surface area (Å²) in [5.41, 5.74) is 2.73. The van der Waals surface area contributed by atoms with E-state index in [-0.39, 0.29) is 0 Å². The number of hydrogen-bond acceptors (Lipinski definition) is 1. The van der Waals surface area contributed by atoms with Crippen LogP contribution in [-0.4, -0.2) is 26.1 Å². The van der Waals surface area contributed by atoms with E-state index in [0.717, 1.165) is 38.3 Å². The molecule has 0 radical (unpaired) electrons. The fourth-order valence-corrected chi connectivity index (χ4v) is 2.33. The molecule has 0 heterocycles. The highest BCUT2D eigenvalue weighted by molar-refractivity contribution is 5.79.